The molecule has 6 nitrogen and oxygen atoms in total. The number of nitrogens with one attached hydrogen (secondary N) is 1. The normalized spacial score (nSPS) is 16.2. The lowest BCUT2D eigenvalue weighted by molar-refractivity contribution is -0.119. The second-order valence-corrected chi connectivity index (χ2v) is 6.04. The number of nitrogens with zero attached hydrogens (tertiary/aromatic N) is 2. The highest BCUT2D eigenvalue weighted by atomic mass is 79.9. The monoisotopic (exact) mass is 331 g/mol. The largest absolute Gasteiger partial charge is 0.358 e. The summed E-state index contributed by atoms with van der Waals surface area (Å²) in [5.74, 6) is -0.234. The minimum atomic E-state index is -3.67. The van der Waals surface area contributed by atoms with Gasteiger partial charge >= 0.3 is 0 Å². The lowest BCUT2D eigenvalue weighted by Gasteiger charge is -2.25. The smallest absolute Gasteiger partial charge is 0.285 e. The van der Waals surface area contributed by atoms with Gasteiger partial charge in [-0.3, -0.25) is 4.79 Å². The lowest BCUT2D eigenvalue weighted by atomic mass is 10.3. The highest BCUT2D eigenvalue weighted by molar-refractivity contribution is 9.10. The van der Waals surface area contributed by atoms with Gasteiger partial charge in [0.15, 0.2) is 0 Å². The van der Waals surface area contributed by atoms with Gasteiger partial charge in [0.05, 0.1) is 5.69 Å². The second kappa shape index (κ2) is 4.69. The van der Waals surface area contributed by atoms with E-state index in [2.05, 4.69) is 25.6 Å². The zero-order chi connectivity index (χ0) is 13.3. The fraction of sp³-hybridized carbons (Fsp3) is 0.200. The van der Waals surface area contributed by atoms with Gasteiger partial charge in [-0.1, -0.05) is 6.07 Å². The van der Waals surface area contributed by atoms with Gasteiger partial charge in [0.2, 0.25) is 5.91 Å². The van der Waals surface area contributed by atoms with Crippen LogP contribution in [0.15, 0.2) is 32.0 Å². The van der Waals surface area contributed by atoms with Crippen LogP contribution in [-0.4, -0.2) is 34.3 Å². The summed E-state index contributed by atoms with van der Waals surface area (Å²) < 4.78 is 27.6. The van der Waals surface area contributed by atoms with Crippen LogP contribution in [0.25, 0.3) is 0 Å². The summed E-state index contributed by atoms with van der Waals surface area (Å²) in [5.41, 5.74) is 0.427. The van der Waals surface area contributed by atoms with Gasteiger partial charge < -0.3 is 10.2 Å². The number of para-hydroxylation sites is 1. The maximum atomic E-state index is 11.8. The molecular weight excluding hydrogens is 322 g/mol. The molecule has 0 aliphatic carbocycles. The van der Waals surface area contributed by atoms with E-state index >= 15 is 0 Å². The second-order valence-electron chi connectivity index (χ2n) is 3.58. The van der Waals surface area contributed by atoms with Crippen LogP contribution in [-0.2, 0) is 14.8 Å². The van der Waals surface area contributed by atoms with Crippen LogP contribution in [0, 0.1) is 0 Å². The highest BCUT2D eigenvalue weighted by Crippen LogP contribution is 2.35. The van der Waals surface area contributed by atoms with E-state index in [0.717, 1.165) is 6.34 Å². The summed E-state index contributed by atoms with van der Waals surface area (Å²) >= 11 is 3.29. The van der Waals surface area contributed by atoms with Gasteiger partial charge in [0.1, 0.15) is 17.8 Å². The summed E-state index contributed by atoms with van der Waals surface area (Å²) in [5, 5.41) is 2.48. The Morgan fingerprint density at radius 2 is 2.22 bits per heavy atom. The van der Waals surface area contributed by atoms with Crippen LogP contribution in [0.5, 0.6) is 0 Å². The first-order chi connectivity index (χ1) is 8.45. The van der Waals surface area contributed by atoms with E-state index < -0.39 is 10.0 Å². The predicted octanol–water partition coefficient (Wildman–Crippen LogP) is 0.732. The van der Waals surface area contributed by atoms with Gasteiger partial charge in [-0.05, 0) is 28.1 Å². The lowest BCUT2D eigenvalue weighted by Crippen LogP contribution is -2.37. The maximum Gasteiger partial charge on any atom is 0.285 e. The number of rotatable bonds is 2. The molecule has 0 spiro atoms. The van der Waals surface area contributed by atoms with Crippen LogP contribution in [0.1, 0.15) is 0 Å². The Kier molecular flexibility index (Phi) is 3.40. The number of carbonyl (C=O) groups is 1. The summed E-state index contributed by atoms with van der Waals surface area (Å²) in [6, 6.07) is 4.78. The number of likely N-dealkylation sites (N-methyl/N-ethyl adjacent to an activating group) is 1. The molecule has 1 N–H and O–H groups in total. The van der Waals surface area contributed by atoms with Gasteiger partial charge in [0.25, 0.3) is 10.0 Å². The molecule has 0 aromatic heterocycles. The highest BCUT2D eigenvalue weighted by Gasteiger charge is 2.27. The zero-order valence-corrected chi connectivity index (χ0v) is 11.8. The van der Waals surface area contributed by atoms with Crippen molar-refractivity contribution in [1.82, 2.24) is 5.32 Å². The molecule has 8 heteroatoms. The van der Waals surface area contributed by atoms with E-state index in [1.54, 1.807) is 12.1 Å². The van der Waals surface area contributed by atoms with E-state index in [1.807, 2.05) is 0 Å². The molecule has 0 bridgehead atoms. The van der Waals surface area contributed by atoms with Crippen molar-refractivity contribution in [2.75, 3.05) is 18.5 Å². The molecule has 18 heavy (non-hydrogen) atoms. The third-order valence-electron chi connectivity index (χ3n) is 2.43. The molecule has 96 valence electrons. The summed E-state index contributed by atoms with van der Waals surface area (Å²) in [6.45, 7) is 0.00509. The Bertz CT molecular complexity index is 627. The Hall–Kier alpha value is -1.41. The Labute approximate surface area is 113 Å². The molecule has 0 saturated heterocycles. The van der Waals surface area contributed by atoms with Crippen molar-refractivity contribution in [3.63, 3.8) is 0 Å². The summed E-state index contributed by atoms with van der Waals surface area (Å²) in [6.07, 6.45) is 1.15. The first kappa shape index (κ1) is 13.0. The van der Waals surface area contributed by atoms with E-state index in [0.29, 0.717) is 10.2 Å². The van der Waals surface area contributed by atoms with Crippen molar-refractivity contribution >= 4 is 43.9 Å². The maximum absolute atomic E-state index is 11.8. The molecule has 1 aromatic rings. The van der Waals surface area contributed by atoms with Gasteiger partial charge in [-0.2, -0.15) is 8.42 Å². The first-order valence-corrected chi connectivity index (χ1v) is 7.25. The van der Waals surface area contributed by atoms with Crippen molar-refractivity contribution in [1.29, 1.82) is 0 Å². The van der Waals surface area contributed by atoms with Gasteiger partial charge in [-0.25, -0.2) is 0 Å². The number of hydrogen-bond donors (Lipinski definition) is 1. The zero-order valence-electron chi connectivity index (χ0n) is 9.42. The fourth-order valence-corrected chi connectivity index (χ4v) is 3.37. The van der Waals surface area contributed by atoms with Gasteiger partial charge in [0, 0.05) is 11.5 Å². The number of hydrogen-bond acceptors (Lipinski definition) is 4. The molecular formula is C10H10BrN3O3S. The number of sulfonamides is 1. The van der Waals surface area contributed by atoms with Crippen LogP contribution >= 0.6 is 15.9 Å². The van der Waals surface area contributed by atoms with Crippen molar-refractivity contribution < 1.29 is 13.2 Å². The molecule has 0 atom stereocenters. The molecule has 0 fully saturated rings. The van der Waals surface area contributed by atoms with Crippen molar-refractivity contribution in [2.24, 2.45) is 4.40 Å². The minimum absolute atomic E-state index is 0.00509. The molecule has 0 saturated carbocycles. The summed E-state index contributed by atoms with van der Waals surface area (Å²) in [7, 11) is -2.16. The van der Waals surface area contributed by atoms with Crippen molar-refractivity contribution in [3.8, 4) is 0 Å². The predicted molar refractivity (Wildman–Crippen MR) is 71.2 cm³/mol. The Morgan fingerprint density at radius 1 is 1.50 bits per heavy atom. The molecule has 0 radical (unpaired) electrons. The van der Waals surface area contributed by atoms with Crippen molar-refractivity contribution in [2.45, 2.75) is 4.90 Å². The SMILES string of the molecule is CNC(=O)CN1C=NS(=O)(=O)c2cccc(Br)c21. The molecule has 1 heterocycles. The quantitative estimate of drug-likeness (QED) is 0.866. The van der Waals surface area contributed by atoms with Gasteiger partial charge in [-0.15, -0.1) is 4.40 Å². The van der Waals surface area contributed by atoms with E-state index in [1.165, 1.54) is 18.0 Å². The number of anilines is 1. The standard InChI is InChI=1S/C10H10BrN3O3S/c1-12-9(15)5-14-6-13-18(16,17)8-4-2-3-7(11)10(8)14/h2-4,6H,5H2,1H3,(H,12,15). The molecule has 1 aliphatic rings. The number of fused-ring (bicyclic) bond motifs is 1. The molecule has 1 aliphatic heterocycles. The molecule has 1 aromatic carbocycles. The number of benzene rings is 1. The Morgan fingerprint density at radius 3 is 2.89 bits per heavy atom. The number of amides is 1. The average molecular weight is 332 g/mol. The third-order valence-corrected chi connectivity index (χ3v) is 4.33. The number of halogens is 1. The van der Waals surface area contributed by atoms with Crippen molar-refractivity contribution in [3.05, 3.63) is 22.7 Å². The third kappa shape index (κ3) is 2.25. The van der Waals surface area contributed by atoms with Crippen LogP contribution in [0.3, 0.4) is 0 Å². The minimum Gasteiger partial charge on any atom is -0.358 e. The van der Waals surface area contributed by atoms with Crippen LogP contribution < -0.4 is 10.2 Å². The fourth-order valence-electron chi connectivity index (χ4n) is 1.57. The number of carbonyl (C=O) groups excluding carboxylic acids is 1. The van der Waals surface area contributed by atoms with Crippen LogP contribution in [0.2, 0.25) is 0 Å². The van der Waals surface area contributed by atoms with E-state index in [4.69, 9.17) is 0 Å². The van der Waals surface area contributed by atoms with E-state index in [9.17, 15) is 13.2 Å². The molecule has 1 amide bonds. The van der Waals surface area contributed by atoms with E-state index in [-0.39, 0.29) is 17.3 Å². The average Bonchev–Trinajstić information content (AvgIpc) is 2.33. The topological polar surface area (TPSA) is 78.8 Å². The molecule has 0 unspecified atom stereocenters. The first-order valence-electron chi connectivity index (χ1n) is 5.02. The summed E-state index contributed by atoms with van der Waals surface area (Å²) in [4.78, 5) is 13.0. The Balaban J connectivity index is 2.53. The molecule has 2 rings (SSSR count). The van der Waals surface area contributed by atoms with Crippen LogP contribution in [0.4, 0.5) is 5.69 Å².